The van der Waals surface area contributed by atoms with E-state index >= 15 is 0 Å². The van der Waals surface area contributed by atoms with Crippen LogP contribution < -0.4 is 15.4 Å². The summed E-state index contributed by atoms with van der Waals surface area (Å²) in [6.07, 6.45) is 0. The Bertz CT molecular complexity index is 993. The van der Waals surface area contributed by atoms with Crippen molar-refractivity contribution in [2.24, 2.45) is 0 Å². The largest absolute Gasteiger partial charge is 0.493 e. The van der Waals surface area contributed by atoms with E-state index in [9.17, 15) is 4.79 Å². The van der Waals surface area contributed by atoms with Gasteiger partial charge in [-0.2, -0.15) is 0 Å². The molecule has 9 heteroatoms. The van der Waals surface area contributed by atoms with Crippen molar-refractivity contribution in [1.29, 1.82) is 0 Å². The van der Waals surface area contributed by atoms with Gasteiger partial charge in [-0.3, -0.25) is 10.1 Å². The van der Waals surface area contributed by atoms with Crippen LogP contribution in [0, 0.1) is 0 Å². The molecule has 0 saturated heterocycles. The van der Waals surface area contributed by atoms with Crippen molar-refractivity contribution in [3.8, 4) is 5.75 Å². The van der Waals surface area contributed by atoms with Crippen molar-refractivity contribution in [2.45, 2.75) is 6.92 Å². The number of benzene rings is 2. The molecule has 26 heavy (non-hydrogen) atoms. The molecule has 1 aromatic heterocycles. The van der Waals surface area contributed by atoms with Crippen molar-refractivity contribution >= 4 is 77.5 Å². The number of nitrogens with zero attached hydrogens (tertiary/aromatic N) is 1. The van der Waals surface area contributed by atoms with Gasteiger partial charge < -0.3 is 10.1 Å². The molecule has 0 aliphatic carbocycles. The molecule has 0 unspecified atom stereocenters. The van der Waals surface area contributed by atoms with Gasteiger partial charge in [0.2, 0.25) is 0 Å². The Balaban J connectivity index is 1.66. The number of halogens is 2. The van der Waals surface area contributed by atoms with Gasteiger partial charge in [0, 0.05) is 10.6 Å². The Kier molecular flexibility index (Phi) is 6.08. The minimum Gasteiger partial charge on any atom is -0.493 e. The summed E-state index contributed by atoms with van der Waals surface area (Å²) in [5, 5.41) is 6.96. The zero-order chi connectivity index (χ0) is 18.7. The van der Waals surface area contributed by atoms with Crippen LogP contribution in [-0.2, 0) is 0 Å². The lowest BCUT2D eigenvalue weighted by Crippen LogP contribution is -2.34. The zero-order valence-corrected chi connectivity index (χ0v) is 17.5. The second-order valence-corrected chi connectivity index (χ2v) is 7.85. The SMILES string of the molecule is CCOc1ccc(C(=O)NC(=S)Nc2nc3ccc(Cl)cc3s2)cc1Br. The van der Waals surface area contributed by atoms with Crippen molar-refractivity contribution in [3.05, 3.63) is 51.5 Å². The molecule has 0 fully saturated rings. The number of amides is 1. The summed E-state index contributed by atoms with van der Waals surface area (Å²) >= 11 is 16.0. The summed E-state index contributed by atoms with van der Waals surface area (Å²) in [6.45, 7) is 2.44. The molecule has 0 aliphatic rings. The van der Waals surface area contributed by atoms with E-state index < -0.39 is 0 Å². The molecule has 3 rings (SSSR count). The first-order valence-corrected chi connectivity index (χ1v) is 9.96. The maximum Gasteiger partial charge on any atom is 0.257 e. The highest BCUT2D eigenvalue weighted by atomic mass is 79.9. The number of carbonyl (C=O) groups excluding carboxylic acids is 1. The highest BCUT2D eigenvalue weighted by Crippen LogP contribution is 2.28. The minimum atomic E-state index is -0.324. The molecular formula is C17H13BrClN3O2S2. The van der Waals surface area contributed by atoms with Gasteiger partial charge in [0.05, 0.1) is 21.3 Å². The normalized spacial score (nSPS) is 10.6. The first kappa shape index (κ1) is 19.0. The number of ether oxygens (including phenoxy) is 1. The molecular weight excluding hydrogens is 458 g/mol. The van der Waals surface area contributed by atoms with Crippen LogP contribution in [0.2, 0.25) is 5.02 Å². The molecule has 0 atom stereocenters. The average Bonchev–Trinajstić information content (AvgIpc) is 2.97. The zero-order valence-electron chi connectivity index (χ0n) is 13.5. The number of nitrogens with one attached hydrogen (secondary N) is 2. The number of hydrogen-bond donors (Lipinski definition) is 2. The average molecular weight is 471 g/mol. The predicted molar refractivity (Wildman–Crippen MR) is 114 cm³/mol. The second-order valence-electron chi connectivity index (χ2n) is 5.12. The Morgan fingerprint density at radius 3 is 2.88 bits per heavy atom. The number of fused-ring (bicyclic) bond motifs is 1. The van der Waals surface area contributed by atoms with E-state index in [1.54, 1.807) is 24.3 Å². The first-order chi connectivity index (χ1) is 12.5. The summed E-state index contributed by atoms with van der Waals surface area (Å²) in [6, 6.07) is 10.5. The quantitative estimate of drug-likeness (QED) is 0.511. The lowest BCUT2D eigenvalue weighted by Gasteiger charge is -2.09. The van der Waals surface area contributed by atoms with E-state index in [1.165, 1.54) is 11.3 Å². The standard InChI is InChI=1S/C17H13BrClN3O2S2/c1-2-24-13-6-3-9(7-11(13)18)15(23)21-16(25)22-17-20-12-5-4-10(19)8-14(12)26-17/h3-8H,2H2,1H3,(H2,20,21,22,23,25). The van der Waals surface area contributed by atoms with Gasteiger partial charge in [0.1, 0.15) is 5.75 Å². The molecule has 134 valence electrons. The van der Waals surface area contributed by atoms with Crippen molar-refractivity contribution in [3.63, 3.8) is 0 Å². The van der Waals surface area contributed by atoms with Gasteiger partial charge in [-0.25, -0.2) is 4.98 Å². The van der Waals surface area contributed by atoms with Crippen LogP contribution in [0.4, 0.5) is 5.13 Å². The number of aromatic nitrogens is 1. The van der Waals surface area contributed by atoms with E-state index in [2.05, 4.69) is 31.5 Å². The number of rotatable bonds is 4. The third kappa shape index (κ3) is 4.50. The monoisotopic (exact) mass is 469 g/mol. The molecule has 1 heterocycles. The van der Waals surface area contributed by atoms with E-state index in [0.29, 0.717) is 32.5 Å². The Morgan fingerprint density at radius 2 is 2.15 bits per heavy atom. The molecule has 0 spiro atoms. The molecule has 2 N–H and O–H groups in total. The van der Waals surface area contributed by atoms with Crippen molar-refractivity contribution in [2.75, 3.05) is 11.9 Å². The highest BCUT2D eigenvalue weighted by molar-refractivity contribution is 9.10. The molecule has 0 saturated carbocycles. The molecule has 5 nitrogen and oxygen atoms in total. The summed E-state index contributed by atoms with van der Waals surface area (Å²) < 4.78 is 7.07. The molecule has 1 amide bonds. The Morgan fingerprint density at radius 1 is 1.35 bits per heavy atom. The van der Waals surface area contributed by atoms with Crippen molar-refractivity contribution in [1.82, 2.24) is 10.3 Å². The maximum atomic E-state index is 12.3. The van der Waals surface area contributed by atoms with Crippen LogP contribution in [0.5, 0.6) is 5.75 Å². The number of anilines is 1. The van der Waals surface area contributed by atoms with Crippen LogP contribution in [0.15, 0.2) is 40.9 Å². The second kappa shape index (κ2) is 8.30. The topological polar surface area (TPSA) is 63.2 Å². The molecule has 0 aliphatic heterocycles. The number of hydrogen-bond acceptors (Lipinski definition) is 5. The van der Waals surface area contributed by atoms with Crippen LogP contribution in [0.25, 0.3) is 10.2 Å². The molecule has 2 aromatic carbocycles. The van der Waals surface area contributed by atoms with Gasteiger partial charge in [-0.15, -0.1) is 0 Å². The number of thiazole rings is 1. The van der Waals surface area contributed by atoms with Gasteiger partial charge in [-0.05, 0) is 71.5 Å². The van der Waals surface area contributed by atoms with Gasteiger partial charge >= 0.3 is 0 Å². The van der Waals surface area contributed by atoms with Gasteiger partial charge in [0.25, 0.3) is 5.91 Å². The van der Waals surface area contributed by atoms with E-state index in [-0.39, 0.29) is 11.0 Å². The summed E-state index contributed by atoms with van der Waals surface area (Å²) in [7, 11) is 0. The number of carbonyl (C=O) groups is 1. The van der Waals surface area contributed by atoms with Crippen LogP contribution in [0.1, 0.15) is 17.3 Å². The third-order valence-electron chi connectivity index (χ3n) is 3.29. The Labute approximate surface area is 172 Å². The van der Waals surface area contributed by atoms with Crippen LogP contribution >= 0.6 is 51.1 Å². The fraction of sp³-hybridized carbons (Fsp3) is 0.118. The maximum absolute atomic E-state index is 12.3. The highest BCUT2D eigenvalue weighted by Gasteiger charge is 2.12. The molecule has 3 aromatic rings. The Hall–Kier alpha value is -1.74. The van der Waals surface area contributed by atoms with Gasteiger partial charge in [0.15, 0.2) is 10.2 Å². The summed E-state index contributed by atoms with van der Waals surface area (Å²) in [5.74, 6) is 0.355. The third-order valence-corrected chi connectivity index (χ3v) is 5.28. The van der Waals surface area contributed by atoms with E-state index in [4.69, 9.17) is 28.6 Å². The van der Waals surface area contributed by atoms with Gasteiger partial charge in [-0.1, -0.05) is 22.9 Å². The molecule has 0 radical (unpaired) electrons. The molecule has 0 bridgehead atoms. The lowest BCUT2D eigenvalue weighted by molar-refractivity contribution is 0.0977. The first-order valence-electron chi connectivity index (χ1n) is 7.57. The number of thiocarbonyl (C=S) groups is 1. The minimum absolute atomic E-state index is 0.171. The van der Waals surface area contributed by atoms with Crippen LogP contribution in [-0.4, -0.2) is 22.6 Å². The van der Waals surface area contributed by atoms with Crippen molar-refractivity contribution < 1.29 is 9.53 Å². The fourth-order valence-corrected chi connectivity index (χ4v) is 4.06. The van der Waals surface area contributed by atoms with E-state index in [1.807, 2.05) is 19.1 Å². The fourth-order valence-electron chi connectivity index (χ4n) is 2.17. The van der Waals surface area contributed by atoms with Crippen LogP contribution in [0.3, 0.4) is 0 Å². The summed E-state index contributed by atoms with van der Waals surface area (Å²) in [5.41, 5.74) is 1.27. The van der Waals surface area contributed by atoms with E-state index in [0.717, 1.165) is 10.2 Å². The predicted octanol–water partition coefficient (Wildman–Crippen LogP) is 5.24. The lowest BCUT2D eigenvalue weighted by atomic mass is 10.2. The smallest absolute Gasteiger partial charge is 0.257 e. The summed E-state index contributed by atoms with van der Waals surface area (Å²) in [4.78, 5) is 16.8.